The van der Waals surface area contributed by atoms with E-state index in [1.807, 2.05) is 11.3 Å². The van der Waals surface area contributed by atoms with Crippen molar-refractivity contribution >= 4 is 11.3 Å². The molecule has 0 aliphatic carbocycles. The molecule has 96 valence electrons. The highest BCUT2D eigenvalue weighted by Gasteiger charge is 2.08. The third-order valence-electron chi connectivity index (χ3n) is 3.07. The van der Waals surface area contributed by atoms with Gasteiger partial charge in [-0.3, -0.25) is 4.90 Å². The molecule has 0 spiro atoms. The molecule has 1 N–H and O–H groups in total. The molecule has 1 aliphatic heterocycles. The second-order valence-corrected chi connectivity index (χ2v) is 5.61. The molecule has 0 radical (unpaired) electrons. The summed E-state index contributed by atoms with van der Waals surface area (Å²) in [7, 11) is 0. The summed E-state index contributed by atoms with van der Waals surface area (Å²) in [5, 5.41) is 3.51. The lowest BCUT2D eigenvalue weighted by molar-refractivity contribution is 0.0384. The summed E-state index contributed by atoms with van der Waals surface area (Å²) in [5.41, 5.74) is 0. The molecule has 1 fully saturated rings. The topological polar surface area (TPSA) is 24.5 Å². The van der Waals surface area contributed by atoms with Gasteiger partial charge >= 0.3 is 0 Å². The Hall–Kier alpha value is -0.420. The maximum atomic E-state index is 5.33. The summed E-state index contributed by atoms with van der Waals surface area (Å²) in [6.45, 7) is 9.38. The van der Waals surface area contributed by atoms with E-state index in [0.717, 1.165) is 52.4 Å². The van der Waals surface area contributed by atoms with Crippen LogP contribution >= 0.6 is 11.3 Å². The Morgan fingerprint density at radius 1 is 1.29 bits per heavy atom. The average Bonchev–Trinajstić information content (AvgIpc) is 2.84. The Balaban J connectivity index is 1.59. The molecule has 0 unspecified atom stereocenters. The molecule has 1 aromatic rings. The average molecular weight is 254 g/mol. The van der Waals surface area contributed by atoms with Gasteiger partial charge in [-0.05, 0) is 18.6 Å². The molecule has 2 heterocycles. The number of morpholine rings is 1. The van der Waals surface area contributed by atoms with E-state index in [4.69, 9.17) is 4.74 Å². The quantitative estimate of drug-likeness (QED) is 0.783. The number of nitrogens with one attached hydrogen (secondary N) is 1. The zero-order chi connectivity index (χ0) is 11.9. The Labute approximate surface area is 108 Å². The Bertz CT molecular complexity index is 321. The molecule has 2 rings (SSSR count). The SMILES string of the molecule is CCc1ccc(CNCCN2CCOCC2)s1. The van der Waals surface area contributed by atoms with Crippen LogP contribution in [0.5, 0.6) is 0 Å². The van der Waals surface area contributed by atoms with E-state index in [2.05, 4.69) is 29.3 Å². The third kappa shape index (κ3) is 4.39. The highest BCUT2D eigenvalue weighted by molar-refractivity contribution is 7.11. The van der Waals surface area contributed by atoms with Crippen LogP contribution in [0.1, 0.15) is 16.7 Å². The van der Waals surface area contributed by atoms with Gasteiger partial charge in [0.25, 0.3) is 0 Å². The maximum Gasteiger partial charge on any atom is 0.0594 e. The molecule has 17 heavy (non-hydrogen) atoms. The van der Waals surface area contributed by atoms with Gasteiger partial charge < -0.3 is 10.1 Å². The second kappa shape index (κ2) is 7.11. The highest BCUT2D eigenvalue weighted by atomic mass is 32.1. The van der Waals surface area contributed by atoms with E-state index in [9.17, 15) is 0 Å². The van der Waals surface area contributed by atoms with Crippen molar-refractivity contribution in [3.63, 3.8) is 0 Å². The zero-order valence-electron chi connectivity index (χ0n) is 10.6. The van der Waals surface area contributed by atoms with Crippen molar-refractivity contribution < 1.29 is 4.74 Å². The van der Waals surface area contributed by atoms with E-state index in [0.29, 0.717) is 0 Å². The fraction of sp³-hybridized carbons (Fsp3) is 0.692. The predicted molar refractivity (Wildman–Crippen MR) is 72.7 cm³/mol. The van der Waals surface area contributed by atoms with Gasteiger partial charge in [-0.1, -0.05) is 6.92 Å². The minimum Gasteiger partial charge on any atom is -0.379 e. The smallest absolute Gasteiger partial charge is 0.0594 e. The van der Waals surface area contributed by atoms with Crippen molar-refractivity contribution in [3.05, 3.63) is 21.9 Å². The van der Waals surface area contributed by atoms with E-state index in [1.165, 1.54) is 9.75 Å². The minimum atomic E-state index is 0.894. The molecule has 1 aromatic heterocycles. The van der Waals surface area contributed by atoms with Crippen LogP contribution in [0.15, 0.2) is 12.1 Å². The van der Waals surface area contributed by atoms with Crippen molar-refractivity contribution in [2.75, 3.05) is 39.4 Å². The normalized spacial score (nSPS) is 17.5. The van der Waals surface area contributed by atoms with E-state index in [1.54, 1.807) is 0 Å². The summed E-state index contributed by atoms with van der Waals surface area (Å²) in [4.78, 5) is 5.39. The first-order valence-electron chi connectivity index (χ1n) is 6.47. The van der Waals surface area contributed by atoms with Crippen LogP contribution in [-0.2, 0) is 17.7 Å². The molecule has 0 amide bonds. The van der Waals surface area contributed by atoms with Gasteiger partial charge in [-0.15, -0.1) is 11.3 Å². The number of ether oxygens (including phenoxy) is 1. The first kappa shape index (κ1) is 13.0. The Kier molecular flexibility index (Phi) is 5.45. The fourth-order valence-electron chi connectivity index (χ4n) is 1.98. The predicted octanol–water partition coefficient (Wildman–Crippen LogP) is 1.73. The molecule has 0 atom stereocenters. The van der Waals surface area contributed by atoms with Crippen LogP contribution < -0.4 is 5.32 Å². The molecule has 1 aliphatic rings. The van der Waals surface area contributed by atoms with Gasteiger partial charge in [0.2, 0.25) is 0 Å². The van der Waals surface area contributed by atoms with E-state index < -0.39 is 0 Å². The number of rotatable bonds is 6. The first-order valence-corrected chi connectivity index (χ1v) is 7.28. The molecule has 3 nitrogen and oxygen atoms in total. The van der Waals surface area contributed by atoms with Gasteiger partial charge in [-0.2, -0.15) is 0 Å². The van der Waals surface area contributed by atoms with Gasteiger partial charge in [0.1, 0.15) is 0 Å². The van der Waals surface area contributed by atoms with Gasteiger partial charge in [-0.25, -0.2) is 0 Å². The highest BCUT2D eigenvalue weighted by Crippen LogP contribution is 2.16. The van der Waals surface area contributed by atoms with Crippen molar-refractivity contribution in [1.82, 2.24) is 10.2 Å². The molecule has 0 bridgehead atoms. The number of nitrogens with zero attached hydrogens (tertiary/aromatic N) is 1. The number of hydrogen-bond acceptors (Lipinski definition) is 4. The Morgan fingerprint density at radius 3 is 2.76 bits per heavy atom. The van der Waals surface area contributed by atoms with Crippen LogP contribution in [0.25, 0.3) is 0 Å². The Morgan fingerprint density at radius 2 is 2.06 bits per heavy atom. The van der Waals surface area contributed by atoms with Crippen LogP contribution in [0.2, 0.25) is 0 Å². The standard InChI is InChI=1S/C13H22N2OS/c1-2-12-3-4-13(17-12)11-14-5-6-15-7-9-16-10-8-15/h3-4,14H,2,5-11H2,1H3. The van der Waals surface area contributed by atoms with Crippen LogP contribution in [0.4, 0.5) is 0 Å². The monoisotopic (exact) mass is 254 g/mol. The maximum absolute atomic E-state index is 5.33. The summed E-state index contributed by atoms with van der Waals surface area (Å²) in [6, 6.07) is 4.48. The minimum absolute atomic E-state index is 0.894. The lowest BCUT2D eigenvalue weighted by Gasteiger charge is -2.26. The number of hydrogen-bond donors (Lipinski definition) is 1. The molecule has 0 aromatic carbocycles. The lowest BCUT2D eigenvalue weighted by Crippen LogP contribution is -2.40. The van der Waals surface area contributed by atoms with Gasteiger partial charge in [0.05, 0.1) is 13.2 Å². The van der Waals surface area contributed by atoms with Crippen LogP contribution in [0.3, 0.4) is 0 Å². The van der Waals surface area contributed by atoms with Crippen LogP contribution in [0, 0.1) is 0 Å². The summed E-state index contributed by atoms with van der Waals surface area (Å²) in [6.07, 6.45) is 1.15. The molecule has 1 saturated heterocycles. The van der Waals surface area contributed by atoms with Gasteiger partial charge in [0.15, 0.2) is 0 Å². The van der Waals surface area contributed by atoms with Gasteiger partial charge in [0, 0.05) is 42.5 Å². The lowest BCUT2D eigenvalue weighted by atomic mass is 10.3. The molecular formula is C13H22N2OS. The van der Waals surface area contributed by atoms with Crippen molar-refractivity contribution in [1.29, 1.82) is 0 Å². The third-order valence-corrected chi connectivity index (χ3v) is 4.30. The number of thiophene rings is 1. The van der Waals surface area contributed by atoms with Crippen molar-refractivity contribution in [2.45, 2.75) is 19.9 Å². The largest absolute Gasteiger partial charge is 0.379 e. The first-order chi connectivity index (χ1) is 8.38. The second-order valence-electron chi connectivity index (χ2n) is 4.35. The molecule has 4 heteroatoms. The van der Waals surface area contributed by atoms with E-state index in [-0.39, 0.29) is 0 Å². The molecular weight excluding hydrogens is 232 g/mol. The van der Waals surface area contributed by atoms with Crippen molar-refractivity contribution in [3.8, 4) is 0 Å². The molecule has 0 saturated carbocycles. The summed E-state index contributed by atoms with van der Waals surface area (Å²) < 4.78 is 5.33. The number of aryl methyl sites for hydroxylation is 1. The van der Waals surface area contributed by atoms with Crippen LogP contribution in [-0.4, -0.2) is 44.3 Å². The van der Waals surface area contributed by atoms with E-state index >= 15 is 0 Å². The summed E-state index contributed by atoms with van der Waals surface area (Å²) >= 11 is 1.92. The zero-order valence-corrected chi connectivity index (χ0v) is 11.4. The fourth-order valence-corrected chi connectivity index (χ4v) is 2.91. The summed E-state index contributed by atoms with van der Waals surface area (Å²) in [5.74, 6) is 0. The van der Waals surface area contributed by atoms with Crippen molar-refractivity contribution in [2.24, 2.45) is 0 Å².